The summed E-state index contributed by atoms with van der Waals surface area (Å²) in [7, 11) is 0. The maximum absolute atomic E-state index is 7.31. The van der Waals surface area contributed by atoms with Gasteiger partial charge in [0.15, 0.2) is 23.0 Å². The van der Waals surface area contributed by atoms with E-state index in [0.29, 0.717) is 11.5 Å². The molecule has 0 unspecified atom stereocenters. The van der Waals surface area contributed by atoms with Crippen molar-refractivity contribution in [3.05, 3.63) is 192 Å². The van der Waals surface area contributed by atoms with E-state index in [1.165, 1.54) is 59.1 Å². The molecule has 1 spiro atoms. The van der Waals surface area contributed by atoms with Crippen molar-refractivity contribution in [3.63, 3.8) is 0 Å². The number of anilines is 3. The van der Waals surface area contributed by atoms with E-state index in [-0.39, 0.29) is 5.41 Å². The van der Waals surface area contributed by atoms with Gasteiger partial charge in [0, 0.05) is 37.1 Å². The molecule has 3 aliphatic carbocycles. The smallest absolute Gasteiger partial charge is 0.194 e. The Morgan fingerprint density at radius 2 is 1.28 bits per heavy atom. The molecule has 7 aromatic carbocycles. The molecule has 0 fully saturated rings. The van der Waals surface area contributed by atoms with E-state index in [0.717, 1.165) is 47.0 Å². The second kappa shape index (κ2) is 10.8. The molecular weight excluding hydrogens is 667 g/mol. The SMILES string of the molecule is C1=CC2=C(CC1)C1(c3ccccc3-c3ccccc31)c1ccc3c(c12)Oc1c(cccc1N(c1ccccc1)c1ccc2c(c1)sc1ccccc12)O3. The topological polar surface area (TPSA) is 21.7 Å². The first-order valence-corrected chi connectivity index (χ1v) is 19.1. The van der Waals surface area contributed by atoms with Gasteiger partial charge in [0.05, 0.1) is 11.1 Å². The minimum Gasteiger partial charge on any atom is -0.449 e. The fraction of sp³-hybridized carbons (Fsp3) is 0.0612. The van der Waals surface area contributed by atoms with Gasteiger partial charge in [-0.3, -0.25) is 0 Å². The molecule has 0 saturated carbocycles. The summed E-state index contributed by atoms with van der Waals surface area (Å²) in [5.74, 6) is 2.95. The van der Waals surface area contributed by atoms with Gasteiger partial charge in [-0.05, 0) is 100 Å². The summed E-state index contributed by atoms with van der Waals surface area (Å²) in [4.78, 5) is 2.30. The number of allylic oxidation sites excluding steroid dienone is 4. The van der Waals surface area contributed by atoms with Crippen LogP contribution in [0.15, 0.2) is 169 Å². The summed E-state index contributed by atoms with van der Waals surface area (Å²) < 4.78 is 16.7. The number of benzene rings is 7. The van der Waals surface area contributed by atoms with Crippen LogP contribution in [-0.4, -0.2) is 0 Å². The summed E-state index contributed by atoms with van der Waals surface area (Å²) in [6.45, 7) is 0. The van der Waals surface area contributed by atoms with Crippen LogP contribution in [-0.2, 0) is 5.41 Å². The molecule has 0 amide bonds. The third kappa shape index (κ3) is 3.88. The first kappa shape index (κ1) is 29.2. The Kier molecular flexibility index (Phi) is 5.98. The van der Waals surface area contributed by atoms with Crippen molar-refractivity contribution in [1.82, 2.24) is 0 Å². The maximum Gasteiger partial charge on any atom is 0.194 e. The van der Waals surface area contributed by atoms with E-state index < -0.39 is 0 Å². The minimum atomic E-state index is -0.378. The lowest BCUT2D eigenvalue weighted by Gasteiger charge is -2.34. The zero-order chi connectivity index (χ0) is 34.7. The number of thiophene rings is 1. The van der Waals surface area contributed by atoms with Crippen LogP contribution in [0.2, 0.25) is 0 Å². The van der Waals surface area contributed by atoms with Gasteiger partial charge in [-0.2, -0.15) is 0 Å². The quantitative estimate of drug-likeness (QED) is 0.183. The molecule has 4 heteroatoms. The second-order valence-corrected chi connectivity index (χ2v) is 15.3. The van der Waals surface area contributed by atoms with E-state index in [1.807, 2.05) is 17.4 Å². The van der Waals surface area contributed by atoms with Crippen molar-refractivity contribution in [1.29, 1.82) is 0 Å². The largest absolute Gasteiger partial charge is 0.449 e. The molecule has 2 heterocycles. The molecule has 53 heavy (non-hydrogen) atoms. The van der Waals surface area contributed by atoms with Crippen LogP contribution < -0.4 is 14.4 Å². The van der Waals surface area contributed by atoms with Gasteiger partial charge in [0.1, 0.15) is 0 Å². The Balaban J connectivity index is 1.07. The molecule has 0 N–H and O–H groups in total. The molecule has 3 nitrogen and oxygen atoms in total. The van der Waals surface area contributed by atoms with E-state index in [4.69, 9.17) is 9.47 Å². The highest BCUT2D eigenvalue weighted by Crippen LogP contribution is 2.67. The van der Waals surface area contributed by atoms with Crippen LogP contribution in [0.1, 0.15) is 35.1 Å². The van der Waals surface area contributed by atoms with Crippen molar-refractivity contribution >= 4 is 54.1 Å². The summed E-state index contributed by atoms with van der Waals surface area (Å²) in [6.07, 6.45) is 6.65. The van der Waals surface area contributed by atoms with Crippen LogP contribution in [0.5, 0.6) is 23.0 Å². The molecule has 1 aliphatic heterocycles. The third-order valence-electron chi connectivity index (χ3n) is 11.6. The normalized spacial score (nSPS) is 15.3. The number of fused-ring (bicyclic) bond motifs is 15. The average Bonchev–Trinajstić information content (AvgIpc) is 3.85. The molecule has 4 aliphatic rings. The Labute approximate surface area is 311 Å². The molecule has 0 saturated heterocycles. The predicted molar refractivity (Wildman–Crippen MR) is 218 cm³/mol. The minimum absolute atomic E-state index is 0.378. The highest BCUT2D eigenvalue weighted by atomic mass is 32.1. The van der Waals surface area contributed by atoms with Gasteiger partial charge in [0.25, 0.3) is 0 Å². The summed E-state index contributed by atoms with van der Waals surface area (Å²) in [6, 6.07) is 54.6. The van der Waals surface area contributed by atoms with E-state index in [9.17, 15) is 0 Å². The highest BCUT2D eigenvalue weighted by molar-refractivity contribution is 7.25. The predicted octanol–water partition coefficient (Wildman–Crippen LogP) is 13.9. The molecule has 12 rings (SSSR count). The molecule has 1 aromatic heterocycles. The Bertz CT molecular complexity index is 2870. The number of ether oxygens (including phenoxy) is 2. The van der Waals surface area contributed by atoms with Gasteiger partial charge in [-0.15, -0.1) is 11.3 Å². The van der Waals surface area contributed by atoms with Crippen molar-refractivity contribution in [3.8, 4) is 34.1 Å². The van der Waals surface area contributed by atoms with Crippen molar-refractivity contribution in [2.24, 2.45) is 0 Å². The summed E-state index contributed by atoms with van der Waals surface area (Å²) >= 11 is 1.83. The van der Waals surface area contributed by atoms with E-state index in [2.05, 4.69) is 163 Å². The molecule has 0 radical (unpaired) electrons. The number of para-hydroxylation sites is 2. The van der Waals surface area contributed by atoms with Crippen LogP contribution in [0, 0.1) is 0 Å². The lowest BCUT2D eigenvalue weighted by atomic mass is 9.68. The van der Waals surface area contributed by atoms with Gasteiger partial charge in [0.2, 0.25) is 0 Å². The Morgan fingerprint density at radius 3 is 2.13 bits per heavy atom. The van der Waals surface area contributed by atoms with Crippen LogP contribution in [0.4, 0.5) is 17.1 Å². The Morgan fingerprint density at radius 1 is 0.547 bits per heavy atom. The van der Waals surface area contributed by atoms with Gasteiger partial charge in [-0.1, -0.05) is 115 Å². The number of nitrogens with zero attached hydrogens (tertiary/aromatic N) is 1. The fourth-order valence-electron chi connectivity index (χ4n) is 9.57. The zero-order valence-electron chi connectivity index (χ0n) is 28.7. The fourth-order valence-corrected chi connectivity index (χ4v) is 10.7. The van der Waals surface area contributed by atoms with Gasteiger partial charge >= 0.3 is 0 Å². The summed E-state index contributed by atoms with van der Waals surface area (Å²) in [5.41, 5.74) is 13.1. The van der Waals surface area contributed by atoms with Crippen LogP contribution >= 0.6 is 11.3 Å². The number of rotatable bonds is 3. The second-order valence-electron chi connectivity index (χ2n) is 14.2. The van der Waals surface area contributed by atoms with Crippen molar-refractivity contribution < 1.29 is 9.47 Å². The Hall–Kier alpha value is -6.36. The molecule has 0 bridgehead atoms. The summed E-state index contributed by atoms with van der Waals surface area (Å²) in [5, 5.41) is 2.57. The van der Waals surface area contributed by atoms with Gasteiger partial charge < -0.3 is 14.4 Å². The van der Waals surface area contributed by atoms with Crippen molar-refractivity contribution in [2.75, 3.05) is 4.90 Å². The molecule has 0 atom stereocenters. The maximum atomic E-state index is 7.31. The third-order valence-corrected chi connectivity index (χ3v) is 12.8. The molecule has 8 aromatic rings. The standard InChI is InChI=1S/C49H31NO2S/c1-2-13-30(14-3-1)50(31-25-26-35-34-17-7-11-24-44(34)53-45(35)29-31)41-22-12-23-42-47(41)52-48-43(51-42)28-27-40-46(48)36-18-6-10-21-39(36)49(40)37-19-8-4-15-32(37)33-16-5-9-20-38(33)49/h1-9,11-20,22-29H,10,21H2. The molecular formula is C49H31NO2S. The van der Waals surface area contributed by atoms with Crippen LogP contribution in [0.3, 0.4) is 0 Å². The first-order valence-electron chi connectivity index (χ1n) is 18.3. The lowest BCUT2D eigenvalue weighted by Crippen LogP contribution is -2.27. The van der Waals surface area contributed by atoms with Crippen molar-refractivity contribution in [2.45, 2.75) is 18.3 Å². The van der Waals surface area contributed by atoms with Crippen LogP contribution in [0.25, 0.3) is 36.9 Å². The highest BCUT2D eigenvalue weighted by Gasteiger charge is 2.54. The zero-order valence-corrected chi connectivity index (χ0v) is 29.5. The van der Waals surface area contributed by atoms with E-state index in [1.54, 1.807) is 0 Å². The monoisotopic (exact) mass is 697 g/mol. The number of hydrogen-bond donors (Lipinski definition) is 0. The first-order chi connectivity index (χ1) is 26.3. The average molecular weight is 698 g/mol. The van der Waals surface area contributed by atoms with E-state index >= 15 is 0 Å². The van der Waals surface area contributed by atoms with Gasteiger partial charge in [-0.25, -0.2) is 0 Å². The molecule has 250 valence electrons. The number of hydrogen-bond acceptors (Lipinski definition) is 4. The lowest BCUT2D eigenvalue weighted by molar-refractivity contribution is 0.359.